The zero-order valence-electron chi connectivity index (χ0n) is 20.0. The fourth-order valence-electron chi connectivity index (χ4n) is 5.20. The number of piperazine rings is 1. The van der Waals surface area contributed by atoms with Gasteiger partial charge in [0.25, 0.3) is 0 Å². The maximum Gasteiger partial charge on any atom is 0.225 e. The van der Waals surface area contributed by atoms with E-state index in [4.69, 9.17) is 4.74 Å². The van der Waals surface area contributed by atoms with Crippen LogP contribution in [0.1, 0.15) is 66.2 Å². The van der Waals surface area contributed by atoms with Crippen molar-refractivity contribution in [2.24, 2.45) is 5.92 Å². The van der Waals surface area contributed by atoms with Crippen LogP contribution < -0.4 is 5.32 Å². The van der Waals surface area contributed by atoms with Crippen molar-refractivity contribution in [2.45, 2.75) is 77.4 Å². The fourth-order valence-corrected chi connectivity index (χ4v) is 5.20. The summed E-state index contributed by atoms with van der Waals surface area (Å²) in [5.41, 5.74) is 0.0282. The number of nitrogens with zero attached hydrogens (tertiary/aromatic N) is 3. The van der Waals surface area contributed by atoms with Gasteiger partial charge in [-0.1, -0.05) is 19.9 Å². The van der Waals surface area contributed by atoms with Crippen LogP contribution in [-0.2, 0) is 9.53 Å². The van der Waals surface area contributed by atoms with Crippen LogP contribution in [0.4, 0.5) is 5.82 Å². The predicted molar refractivity (Wildman–Crippen MR) is 126 cm³/mol. The molecule has 0 radical (unpaired) electrons. The third kappa shape index (κ3) is 7.26. The quantitative estimate of drug-likeness (QED) is 0.637. The van der Waals surface area contributed by atoms with Crippen LogP contribution in [0.15, 0.2) is 24.4 Å². The molecule has 1 N–H and O–H groups in total. The number of hydrogen-bond acceptors (Lipinski definition) is 5. The summed E-state index contributed by atoms with van der Waals surface area (Å²) < 4.78 is 6.08. The molecule has 1 aromatic rings. The summed E-state index contributed by atoms with van der Waals surface area (Å²) in [4.78, 5) is 22.0. The molecule has 2 fully saturated rings. The van der Waals surface area contributed by atoms with Crippen LogP contribution in [0.5, 0.6) is 0 Å². The van der Waals surface area contributed by atoms with Crippen LogP contribution in [0, 0.1) is 5.92 Å². The van der Waals surface area contributed by atoms with Gasteiger partial charge in [-0.3, -0.25) is 9.69 Å². The summed E-state index contributed by atoms with van der Waals surface area (Å²) in [5, 5.41) is 2.92. The minimum atomic E-state index is -0.108. The summed E-state index contributed by atoms with van der Waals surface area (Å²) in [5.74, 6) is 1.45. The van der Waals surface area contributed by atoms with E-state index in [1.165, 1.54) is 13.0 Å². The maximum atomic E-state index is 12.4. The maximum absolute atomic E-state index is 12.4. The number of rotatable bonds is 9. The van der Waals surface area contributed by atoms with Crippen LogP contribution >= 0.6 is 0 Å². The van der Waals surface area contributed by atoms with Gasteiger partial charge in [0.15, 0.2) is 0 Å². The fraction of sp³-hybridized carbons (Fsp3) is 0.760. The molecule has 3 heterocycles. The van der Waals surface area contributed by atoms with Crippen molar-refractivity contribution in [3.05, 3.63) is 24.4 Å². The topological polar surface area (TPSA) is 57.7 Å². The molecule has 174 valence electrons. The van der Waals surface area contributed by atoms with Gasteiger partial charge in [0.05, 0.1) is 5.60 Å². The number of aromatic nitrogens is 1. The molecule has 0 bridgehead atoms. The molecule has 1 atom stereocenters. The van der Waals surface area contributed by atoms with Crippen LogP contribution in [-0.4, -0.2) is 71.2 Å². The molecule has 0 aliphatic carbocycles. The predicted octanol–water partition coefficient (Wildman–Crippen LogP) is 4.18. The van der Waals surface area contributed by atoms with Crippen LogP contribution in [0.25, 0.3) is 0 Å². The van der Waals surface area contributed by atoms with Gasteiger partial charge in [-0.25, -0.2) is 4.98 Å². The Morgan fingerprint density at radius 2 is 2.00 bits per heavy atom. The van der Waals surface area contributed by atoms with Crippen LogP contribution in [0.2, 0.25) is 0 Å². The van der Waals surface area contributed by atoms with E-state index >= 15 is 0 Å². The molecule has 0 spiro atoms. The third-order valence-corrected chi connectivity index (χ3v) is 6.86. The van der Waals surface area contributed by atoms with Crippen molar-refractivity contribution in [2.75, 3.05) is 44.6 Å². The van der Waals surface area contributed by atoms with E-state index in [-0.39, 0.29) is 17.0 Å². The Morgan fingerprint density at radius 1 is 1.23 bits per heavy atom. The molecular weight excluding hydrogens is 388 g/mol. The number of pyridine rings is 1. The second-order valence-corrected chi connectivity index (χ2v) is 10.4. The number of hydrogen-bond donors (Lipinski definition) is 1. The first-order chi connectivity index (χ1) is 14.8. The van der Waals surface area contributed by atoms with Crippen molar-refractivity contribution in [3.8, 4) is 0 Å². The van der Waals surface area contributed by atoms with Gasteiger partial charge >= 0.3 is 0 Å². The lowest BCUT2D eigenvalue weighted by atomic mass is 9.76. The Hall–Kier alpha value is -1.50. The van der Waals surface area contributed by atoms with E-state index in [0.717, 1.165) is 64.4 Å². The SMILES string of the molecule is CC(C)CCN1CCN(C2(CCCC(=O)Nc3ccccn3)CCOC(C)(C)C2)CC1. The molecule has 31 heavy (non-hydrogen) atoms. The summed E-state index contributed by atoms with van der Waals surface area (Å²) in [6.45, 7) is 15.6. The molecule has 3 rings (SSSR count). The lowest BCUT2D eigenvalue weighted by molar-refractivity contribution is -0.131. The molecule has 6 heteroatoms. The smallest absolute Gasteiger partial charge is 0.225 e. The normalized spacial score (nSPS) is 24.9. The number of carbonyl (C=O) groups is 1. The molecule has 2 aliphatic heterocycles. The van der Waals surface area contributed by atoms with E-state index in [1.807, 2.05) is 18.2 Å². The lowest BCUT2D eigenvalue weighted by Gasteiger charge is -2.53. The van der Waals surface area contributed by atoms with Gasteiger partial charge < -0.3 is 15.0 Å². The highest BCUT2D eigenvalue weighted by Crippen LogP contribution is 2.40. The van der Waals surface area contributed by atoms with E-state index < -0.39 is 0 Å². The highest BCUT2D eigenvalue weighted by atomic mass is 16.5. The summed E-state index contributed by atoms with van der Waals surface area (Å²) >= 11 is 0. The first kappa shape index (κ1) is 24.1. The first-order valence-corrected chi connectivity index (χ1v) is 12.1. The van der Waals surface area contributed by atoms with Gasteiger partial charge in [0, 0.05) is 50.9 Å². The van der Waals surface area contributed by atoms with Crippen molar-refractivity contribution < 1.29 is 9.53 Å². The summed E-state index contributed by atoms with van der Waals surface area (Å²) in [7, 11) is 0. The number of nitrogens with one attached hydrogen (secondary N) is 1. The minimum Gasteiger partial charge on any atom is -0.375 e. The number of carbonyl (C=O) groups excluding carboxylic acids is 1. The Balaban J connectivity index is 1.56. The van der Waals surface area contributed by atoms with Crippen molar-refractivity contribution in [1.82, 2.24) is 14.8 Å². The first-order valence-electron chi connectivity index (χ1n) is 12.1. The van der Waals surface area contributed by atoms with Crippen molar-refractivity contribution in [3.63, 3.8) is 0 Å². The monoisotopic (exact) mass is 430 g/mol. The molecule has 0 aromatic carbocycles. The molecule has 2 saturated heterocycles. The Morgan fingerprint density at radius 3 is 2.65 bits per heavy atom. The second kappa shape index (κ2) is 10.9. The molecule has 1 aromatic heterocycles. The number of ether oxygens (including phenoxy) is 1. The molecule has 2 aliphatic rings. The van der Waals surface area contributed by atoms with Gasteiger partial charge in [-0.15, -0.1) is 0 Å². The minimum absolute atomic E-state index is 0.0543. The zero-order valence-corrected chi connectivity index (χ0v) is 20.0. The Labute approximate surface area is 188 Å². The standard InChI is InChI=1S/C25H42N4O2/c1-21(2)10-14-28-15-17-29(18-16-28)25(12-19-31-24(3,4)20-25)11-7-9-23(30)27-22-8-5-6-13-26-22/h5-6,8,13,21H,7,9-12,14-20H2,1-4H3,(H,26,27,30). The van der Waals surface area contributed by atoms with Gasteiger partial charge in [-0.05, 0) is 70.5 Å². The molecule has 6 nitrogen and oxygen atoms in total. The lowest BCUT2D eigenvalue weighted by Crippen LogP contribution is -2.61. The highest BCUT2D eigenvalue weighted by molar-refractivity contribution is 5.89. The average Bonchev–Trinajstić information content (AvgIpc) is 2.72. The summed E-state index contributed by atoms with van der Waals surface area (Å²) in [6, 6.07) is 5.58. The van der Waals surface area contributed by atoms with E-state index in [1.54, 1.807) is 6.20 Å². The molecule has 1 amide bonds. The zero-order chi connectivity index (χ0) is 22.3. The number of amides is 1. The second-order valence-electron chi connectivity index (χ2n) is 10.4. The van der Waals surface area contributed by atoms with Gasteiger partial charge in [0.2, 0.25) is 5.91 Å². The van der Waals surface area contributed by atoms with Crippen molar-refractivity contribution >= 4 is 11.7 Å². The van der Waals surface area contributed by atoms with Crippen LogP contribution in [0.3, 0.4) is 0 Å². The Kier molecular flexibility index (Phi) is 8.48. The molecular formula is C25H42N4O2. The average molecular weight is 431 g/mol. The molecule has 1 unspecified atom stereocenters. The molecule has 0 saturated carbocycles. The Bertz CT molecular complexity index is 686. The van der Waals surface area contributed by atoms with Gasteiger partial charge in [0.1, 0.15) is 5.82 Å². The van der Waals surface area contributed by atoms with E-state index in [9.17, 15) is 4.79 Å². The van der Waals surface area contributed by atoms with E-state index in [2.05, 4.69) is 47.8 Å². The highest BCUT2D eigenvalue weighted by Gasteiger charge is 2.45. The largest absolute Gasteiger partial charge is 0.375 e. The van der Waals surface area contributed by atoms with Gasteiger partial charge in [-0.2, -0.15) is 0 Å². The van der Waals surface area contributed by atoms with Crippen molar-refractivity contribution in [1.29, 1.82) is 0 Å². The van der Waals surface area contributed by atoms with E-state index in [0.29, 0.717) is 12.2 Å². The summed E-state index contributed by atoms with van der Waals surface area (Å²) in [6.07, 6.45) is 7.54. The number of anilines is 1. The third-order valence-electron chi connectivity index (χ3n) is 6.86.